The maximum atomic E-state index is 9.71. The Morgan fingerprint density at radius 3 is 2.50 bits per heavy atom. The molecule has 1 aromatic heterocycles. The fourth-order valence-corrected chi connectivity index (χ4v) is 1.95. The van der Waals surface area contributed by atoms with E-state index in [9.17, 15) is 20.4 Å². The van der Waals surface area contributed by atoms with Crippen LogP contribution in [-0.2, 0) is 5.91 Å². The van der Waals surface area contributed by atoms with Gasteiger partial charge >= 0.3 is 0 Å². The first-order valence-electron chi connectivity index (χ1n) is 4.63. The van der Waals surface area contributed by atoms with Gasteiger partial charge in [0.1, 0.15) is 10.6 Å². The molecule has 0 fully saturated rings. The third-order valence-corrected chi connectivity index (χ3v) is 3.03. The number of hydrogen-bond donors (Lipinski definition) is 5. The zero-order chi connectivity index (χ0) is 12.4. The zero-order valence-electron chi connectivity index (χ0n) is 8.97. The number of rotatable bonds is 5. The number of nitrogens with one attached hydrogen (secondary N) is 1. The topological polar surface area (TPSA) is 102 Å². The molecule has 16 heavy (non-hydrogen) atoms. The molecule has 5 N–H and O–H groups in total. The molecule has 0 amide bonds. The third kappa shape index (κ3) is 2.91. The van der Waals surface area contributed by atoms with Crippen molar-refractivity contribution in [1.29, 1.82) is 0 Å². The molecule has 0 saturated carbocycles. The van der Waals surface area contributed by atoms with Crippen LogP contribution in [0.5, 0.6) is 5.75 Å². The molecule has 7 heteroatoms. The van der Waals surface area contributed by atoms with Gasteiger partial charge in [-0.05, 0) is 11.4 Å². The van der Waals surface area contributed by atoms with Crippen molar-refractivity contribution in [3.8, 4) is 5.75 Å². The van der Waals surface area contributed by atoms with Crippen molar-refractivity contribution in [3.63, 3.8) is 0 Å². The van der Waals surface area contributed by atoms with Gasteiger partial charge in [0.15, 0.2) is 0 Å². The lowest BCUT2D eigenvalue weighted by atomic mass is 10.3. The van der Waals surface area contributed by atoms with Crippen molar-refractivity contribution in [2.75, 3.05) is 7.11 Å². The van der Waals surface area contributed by atoms with Gasteiger partial charge in [-0.1, -0.05) is 6.92 Å². The molecule has 6 nitrogen and oxygen atoms in total. The average molecular weight is 249 g/mol. The van der Waals surface area contributed by atoms with E-state index in [2.05, 4.69) is 0 Å². The summed E-state index contributed by atoms with van der Waals surface area (Å²) in [5.41, 5.74) is 0. The average Bonchev–Trinajstić information content (AvgIpc) is 2.64. The van der Waals surface area contributed by atoms with Crippen LogP contribution in [0.15, 0.2) is 11.4 Å². The molecule has 0 spiro atoms. The van der Waals surface area contributed by atoms with Crippen LogP contribution < -0.4 is 10.1 Å². The van der Waals surface area contributed by atoms with E-state index in [0.717, 1.165) is 11.3 Å². The summed E-state index contributed by atoms with van der Waals surface area (Å²) in [5.74, 6) is -4.66. The number of ether oxygens (including phenoxy) is 1. The molecule has 1 heterocycles. The van der Waals surface area contributed by atoms with E-state index in [-0.39, 0.29) is 17.0 Å². The summed E-state index contributed by atoms with van der Waals surface area (Å²) in [5, 5.41) is 41.5. The Bertz CT molecular complexity index is 349. The lowest BCUT2D eigenvalue weighted by molar-refractivity contribution is -0.292. The highest BCUT2D eigenvalue weighted by molar-refractivity contribution is 7.10. The van der Waals surface area contributed by atoms with Crippen LogP contribution in [0.2, 0.25) is 0 Å². The zero-order valence-corrected chi connectivity index (χ0v) is 9.78. The molecule has 92 valence electrons. The molecule has 0 aliphatic carbocycles. The maximum absolute atomic E-state index is 9.71. The van der Waals surface area contributed by atoms with E-state index >= 15 is 0 Å². The minimum atomic E-state index is -2.56. The third-order valence-electron chi connectivity index (χ3n) is 2.03. The van der Waals surface area contributed by atoms with Crippen LogP contribution in [0.25, 0.3) is 0 Å². The van der Waals surface area contributed by atoms with E-state index in [1.165, 1.54) is 14.0 Å². The summed E-state index contributed by atoms with van der Waals surface area (Å²) < 4.78 is 4.91. The van der Waals surface area contributed by atoms with Crippen molar-refractivity contribution >= 4 is 11.3 Å². The second-order valence-corrected chi connectivity index (χ2v) is 4.20. The van der Waals surface area contributed by atoms with Crippen molar-refractivity contribution < 1.29 is 25.2 Å². The molecular weight excluding hydrogens is 234 g/mol. The van der Waals surface area contributed by atoms with Crippen molar-refractivity contribution in [3.05, 3.63) is 16.3 Å². The monoisotopic (exact) mass is 249 g/mol. The van der Waals surface area contributed by atoms with Gasteiger partial charge in [0.25, 0.3) is 5.91 Å². The second kappa shape index (κ2) is 4.66. The van der Waals surface area contributed by atoms with E-state index in [4.69, 9.17) is 4.74 Å². The Hall–Kier alpha value is -0.700. The lowest BCUT2D eigenvalue weighted by Gasteiger charge is -2.30. The molecule has 0 radical (unpaired) electrons. The van der Waals surface area contributed by atoms with Crippen molar-refractivity contribution in [1.82, 2.24) is 5.32 Å². The fourth-order valence-electron chi connectivity index (χ4n) is 1.14. The summed E-state index contributed by atoms with van der Waals surface area (Å²) in [7, 11) is 1.38. The maximum Gasteiger partial charge on any atom is 0.268 e. The van der Waals surface area contributed by atoms with Crippen molar-refractivity contribution in [2.24, 2.45) is 0 Å². The van der Waals surface area contributed by atoms with E-state index in [1.54, 1.807) is 11.4 Å². The molecule has 1 rings (SSSR count). The Kier molecular flexibility index (Phi) is 3.89. The highest BCUT2D eigenvalue weighted by Crippen LogP contribution is 2.32. The molecule has 0 bridgehead atoms. The Balaban J connectivity index is 2.93. The predicted octanol–water partition coefficient (Wildman–Crippen LogP) is -0.510. The van der Waals surface area contributed by atoms with Gasteiger partial charge in [0.2, 0.25) is 5.91 Å². The molecule has 0 unspecified atom stereocenters. The van der Waals surface area contributed by atoms with E-state index in [0.29, 0.717) is 0 Å². The van der Waals surface area contributed by atoms with Gasteiger partial charge in [-0.2, -0.15) is 0 Å². The van der Waals surface area contributed by atoms with E-state index in [1.807, 2.05) is 5.32 Å². The molecule has 1 aromatic rings. The van der Waals surface area contributed by atoms with Gasteiger partial charge < -0.3 is 25.2 Å². The van der Waals surface area contributed by atoms with Crippen LogP contribution >= 0.6 is 11.3 Å². The minimum absolute atomic E-state index is 0.0518. The summed E-state index contributed by atoms with van der Waals surface area (Å²) in [4.78, 5) is 0.0518. The number of thiophene rings is 1. The van der Waals surface area contributed by atoms with Crippen LogP contribution in [0.4, 0.5) is 0 Å². The van der Waals surface area contributed by atoms with Gasteiger partial charge in [0, 0.05) is 6.42 Å². The normalized spacial score (nSPS) is 12.9. The summed E-state index contributed by atoms with van der Waals surface area (Å²) in [6, 6.07) is 1.55. The Labute approximate surface area is 96.7 Å². The summed E-state index contributed by atoms with van der Waals surface area (Å²) in [6.45, 7) is 1.48. The Morgan fingerprint density at radius 2 is 2.00 bits per heavy atom. The largest absolute Gasteiger partial charge is 0.495 e. The van der Waals surface area contributed by atoms with Crippen LogP contribution in [-0.4, -0.2) is 33.4 Å². The Morgan fingerprint density at radius 1 is 1.38 bits per heavy atom. The smallest absolute Gasteiger partial charge is 0.268 e. The first-order valence-corrected chi connectivity index (χ1v) is 5.51. The number of methoxy groups -OCH3 is 1. The van der Waals surface area contributed by atoms with Crippen LogP contribution in [0, 0.1) is 0 Å². The minimum Gasteiger partial charge on any atom is -0.495 e. The highest BCUT2D eigenvalue weighted by Gasteiger charge is 2.38. The summed E-state index contributed by atoms with van der Waals surface area (Å²) >= 11 is 1.02. The molecule has 0 aromatic carbocycles. The van der Waals surface area contributed by atoms with Gasteiger partial charge in [-0.25, -0.2) is 5.32 Å². The highest BCUT2D eigenvalue weighted by atomic mass is 32.1. The van der Waals surface area contributed by atoms with Gasteiger partial charge in [0.05, 0.1) is 7.11 Å². The number of aliphatic hydroxyl groups is 4. The first kappa shape index (κ1) is 13.4. The number of hydrogen-bond acceptors (Lipinski definition) is 7. The molecule has 0 atom stereocenters. The van der Waals surface area contributed by atoms with Gasteiger partial charge in [-0.15, -0.1) is 11.3 Å². The lowest BCUT2D eigenvalue weighted by Crippen LogP contribution is -2.56. The molecule has 0 saturated heterocycles. The quantitative estimate of drug-likeness (QED) is 0.450. The SMILES string of the molecule is CCC(O)(O)NC(O)(O)c1sccc1OC. The molecular formula is C9H15NO5S. The molecule has 0 aliphatic heterocycles. The van der Waals surface area contributed by atoms with Crippen LogP contribution in [0.1, 0.15) is 18.2 Å². The van der Waals surface area contributed by atoms with Gasteiger partial charge in [-0.3, -0.25) is 0 Å². The molecule has 0 aliphatic rings. The summed E-state index contributed by atoms with van der Waals surface area (Å²) in [6.07, 6.45) is -0.108. The van der Waals surface area contributed by atoms with Crippen LogP contribution in [0.3, 0.4) is 0 Å². The van der Waals surface area contributed by atoms with E-state index < -0.39 is 11.8 Å². The first-order chi connectivity index (χ1) is 7.32. The second-order valence-electron chi connectivity index (χ2n) is 3.29. The fraction of sp³-hybridized carbons (Fsp3) is 0.556. The standard InChI is InChI=1S/C9H15NO5S/c1-3-8(11,12)10-9(13,14)7-6(15-2)4-5-16-7/h4-5,10-14H,3H2,1-2H3. The predicted molar refractivity (Wildman–Crippen MR) is 57.6 cm³/mol. The van der Waals surface area contributed by atoms with Crippen molar-refractivity contribution in [2.45, 2.75) is 25.2 Å².